The first-order chi connectivity index (χ1) is 7.00. The lowest BCUT2D eigenvalue weighted by Gasteiger charge is -2.10. The Hall–Kier alpha value is -0.540. The fourth-order valence-electron chi connectivity index (χ4n) is 1.17. The molecular formula is C11H12BrClO2. The SMILES string of the molecule is CC(=O)CCOc1c(C)cc(Br)cc1Cl. The first kappa shape index (κ1) is 12.5. The van der Waals surface area contributed by atoms with E-state index in [1.807, 2.05) is 13.0 Å². The van der Waals surface area contributed by atoms with Gasteiger partial charge in [0.15, 0.2) is 0 Å². The summed E-state index contributed by atoms with van der Waals surface area (Å²) < 4.78 is 6.38. The smallest absolute Gasteiger partial charge is 0.140 e. The van der Waals surface area contributed by atoms with Crippen LogP contribution in [0.1, 0.15) is 18.9 Å². The molecule has 0 unspecified atom stereocenters. The van der Waals surface area contributed by atoms with Crippen LogP contribution in [0.5, 0.6) is 5.75 Å². The van der Waals surface area contributed by atoms with Gasteiger partial charge < -0.3 is 4.74 Å². The van der Waals surface area contributed by atoms with Crippen LogP contribution in [-0.4, -0.2) is 12.4 Å². The predicted octanol–water partition coefficient (Wildman–Crippen LogP) is 3.77. The summed E-state index contributed by atoms with van der Waals surface area (Å²) in [5.41, 5.74) is 0.956. The van der Waals surface area contributed by atoms with Gasteiger partial charge in [-0.05, 0) is 31.5 Å². The summed E-state index contributed by atoms with van der Waals surface area (Å²) in [5.74, 6) is 0.766. The third-order valence-electron chi connectivity index (χ3n) is 1.89. The van der Waals surface area contributed by atoms with Crippen molar-refractivity contribution >= 4 is 33.3 Å². The maximum absolute atomic E-state index is 10.7. The average molecular weight is 292 g/mol. The second-order valence-electron chi connectivity index (χ2n) is 3.33. The summed E-state index contributed by atoms with van der Waals surface area (Å²) in [7, 11) is 0. The quantitative estimate of drug-likeness (QED) is 0.844. The zero-order valence-electron chi connectivity index (χ0n) is 8.64. The molecule has 0 atom stereocenters. The molecule has 0 aliphatic heterocycles. The molecule has 2 nitrogen and oxygen atoms in total. The maximum Gasteiger partial charge on any atom is 0.140 e. The molecular weight excluding hydrogens is 279 g/mol. The molecule has 0 aliphatic rings. The molecule has 1 rings (SSSR count). The van der Waals surface area contributed by atoms with Crippen LogP contribution in [0.15, 0.2) is 16.6 Å². The van der Waals surface area contributed by atoms with E-state index in [1.165, 1.54) is 0 Å². The standard InChI is InChI=1S/C11H12BrClO2/c1-7-5-9(12)6-10(13)11(7)15-4-3-8(2)14/h5-6H,3-4H2,1-2H3. The molecule has 0 aromatic heterocycles. The Morgan fingerprint density at radius 3 is 2.73 bits per heavy atom. The van der Waals surface area contributed by atoms with Crippen molar-refractivity contribution in [2.45, 2.75) is 20.3 Å². The zero-order chi connectivity index (χ0) is 11.4. The molecule has 0 amide bonds. The van der Waals surface area contributed by atoms with Crippen LogP contribution in [0.4, 0.5) is 0 Å². The number of aryl methyl sites for hydroxylation is 1. The molecule has 0 fully saturated rings. The second-order valence-corrected chi connectivity index (χ2v) is 4.66. The molecule has 82 valence electrons. The van der Waals surface area contributed by atoms with E-state index in [4.69, 9.17) is 16.3 Å². The normalized spacial score (nSPS) is 10.1. The number of halogens is 2. The second kappa shape index (κ2) is 5.52. The Morgan fingerprint density at radius 1 is 1.53 bits per heavy atom. The van der Waals surface area contributed by atoms with Gasteiger partial charge in [-0.3, -0.25) is 4.79 Å². The van der Waals surface area contributed by atoms with Gasteiger partial charge in [0.05, 0.1) is 11.6 Å². The minimum absolute atomic E-state index is 0.112. The summed E-state index contributed by atoms with van der Waals surface area (Å²) in [5, 5.41) is 0.561. The molecule has 0 saturated carbocycles. The summed E-state index contributed by atoms with van der Waals surface area (Å²) >= 11 is 9.35. The largest absolute Gasteiger partial charge is 0.491 e. The van der Waals surface area contributed by atoms with E-state index in [2.05, 4.69) is 15.9 Å². The first-order valence-electron chi connectivity index (χ1n) is 4.58. The number of carbonyl (C=O) groups excluding carboxylic acids is 1. The van der Waals surface area contributed by atoms with Crippen molar-refractivity contribution in [3.8, 4) is 5.75 Å². The van der Waals surface area contributed by atoms with Gasteiger partial charge in [0.2, 0.25) is 0 Å². The number of rotatable bonds is 4. The van der Waals surface area contributed by atoms with Crippen LogP contribution >= 0.6 is 27.5 Å². The Kier molecular flexibility index (Phi) is 4.61. The molecule has 0 bridgehead atoms. The van der Waals surface area contributed by atoms with Gasteiger partial charge >= 0.3 is 0 Å². The molecule has 0 radical (unpaired) electrons. The van der Waals surface area contributed by atoms with E-state index in [9.17, 15) is 4.79 Å². The average Bonchev–Trinajstić information content (AvgIpc) is 2.08. The number of ether oxygens (including phenoxy) is 1. The molecule has 0 aliphatic carbocycles. The Bertz CT molecular complexity index is 354. The van der Waals surface area contributed by atoms with Crippen molar-refractivity contribution in [3.05, 3.63) is 27.2 Å². The molecule has 4 heteroatoms. The summed E-state index contributed by atoms with van der Waals surface area (Å²) in [6.45, 7) is 3.83. The van der Waals surface area contributed by atoms with Crippen molar-refractivity contribution < 1.29 is 9.53 Å². The number of carbonyl (C=O) groups is 1. The van der Waals surface area contributed by atoms with Crippen molar-refractivity contribution in [3.63, 3.8) is 0 Å². The van der Waals surface area contributed by atoms with Gasteiger partial charge in [0.1, 0.15) is 11.5 Å². The minimum atomic E-state index is 0.112. The highest BCUT2D eigenvalue weighted by Crippen LogP contribution is 2.31. The lowest BCUT2D eigenvalue weighted by atomic mass is 10.2. The molecule has 0 spiro atoms. The highest BCUT2D eigenvalue weighted by Gasteiger charge is 2.07. The summed E-state index contributed by atoms with van der Waals surface area (Å²) in [4.78, 5) is 10.7. The van der Waals surface area contributed by atoms with E-state index in [0.717, 1.165) is 10.0 Å². The first-order valence-corrected chi connectivity index (χ1v) is 5.75. The van der Waals surface area contributed by atoms with Crippen LogP contribution in [0, 0.1) is 6.92 Å². The fourth-order valence-corrected chi connectivity index (χ4v) is 2.19. The van der Waals surface area contributed by atoms with Crippen LogP contribution in [0.25, 0.3) is 0 Å². The summed E-state index contributed by atoms with van der Waals surface area (Å²) in [6.07, 6.45) is 0.409. The van der Waals surface area contributed by atoms with Gasteiger partial charge in [-0.2, -0.15) is 0 Å². The van der Waals surface area contributed by atoms with Crippen molar-refractivity contribution in [2.24, 2.45) is 0 Å². The molecule has 0 heterocycles. The molecule has 0 N–H and O–H groups in total. The van der Waals surface area contributed by atoms with Gasteiger partial charge in [0, 0.05) is 10.9 Å². The molecule has 1 aromatic rings. The van der Waals surface area contributed by atoms with E-state index >= 15 is 0 Å². The lowest BCUT2D eigenvalue weighted by Crippen LogP contribution is -2.04. The third-order valence-corrected chi connectivity index (χ3v) is 2.63. The van der Waals surface area contributed by atoms with Crippen LogP contribution < -0.4 is 4.74 Å². The third kappa shape index (κ3) is 3.84. The van der Waals surface area contributed by atoms with Crippen LogP contribution in [0.2, 0.25) is 5.02 Å². The highest BCUT2D eigenvalue weighted by molar-refractivity contribution is 9.10. The number of benzene rings is 1. The van der Waals surface area contributed by atoms with E-state index in [1.54, 1.807) is 13.0 Å². The molecule has 15 heavy (non-hydrogen) atoms. The van der Waals surface area contributed by atoms with Crippen molar-refractivity contribution in [1.82, 2.24) is 0 Å². The van der Waals surface area contributed by atoms with Gasteiger partial charge in [-0.15, -0.1) is 0 Å². The topological polar surface area (TPSA) is 26.3 Å². The lowest BCUT2D eigenvalue weighted by molar-refractivity contribution is -0.117. The number of hydrogen-bond acceptors (Lipinski definition) is 2. The Labute approximate surface area is 103 Å². The minimum Gasteiger partial charge on any atom is -0.491 e. The van der Waals surface area contributed by atoms with E-state index in [-0.39, 0.29) is 5.78 Å². The van der Waals surface area contributed by atoms with E-state index in [0.29, 0.717) is 23.8 Å². The zero-order valence-corrected chi connectivity index (χ0v) is 11.0. The number of hydrogen-bond donors (Lipinski definition) is 0. The van der Waals surface area contributed by atoms with Crippen molar-refractivity contribution in [1.29, 1.82) is 0 Å². The molecule has 0 saturated heterocycles. The van der Waals surface area contributed by atoms with Crippen LogP contribution in [0.3, 0.4) is 0 Å². The Morgan fingerprint density at radius 2 is 2.20 bits per heavy atom. The Balaban J connectivity index is 2.72. The molecule has 1 aromatic carbocycles. The maximum atomic E-state index is 10.7. The fraction of sp³-hybridized carbons (Fsp3) is 0.364. The predicted molar refractivity (Wildman–Crippen MR) is 64.7 cm³/mol. The van der Waals surface area contributed by atoms with Gasteiger partial charge in [-0.1, -0.05) is 27.5 Å². The van der Waals surface area contributed by atoms with Crippen molar-refractivity contribution in [2.75, 3.05) is 6.61 Å². The summed E-state index contributed by atoms with van der Waals surface area (Å²) in [6, 6.07) is 3.70. The number of Topliss-reactive ketones (excluding diaryl/α,β-unsaturated/α-hetero) is 1. The van der Waals surface area contributed by atoms with Crippen LogP contribution in [-0.2, 0) is 4.79 Å². The highest BCUT2D eigenvalue weighted by atomic mass is 79.9. The number of ketones is 1. The van der Waals surface area contributed by atoms with Gasteiger partial charge in [0.25, 0.3) is 0 Å². The van der Waals surface area contributed by atoms with E-state index < -0.39 is 0 Å². The van der Waals surface area contributed by atoms with Gasteiger partial charge in [-0.25, -0.2) is 0 Å². The monoisotopic (exact) mass is 290 g/mol.